The normalized spacial score (nSPS) is 17.9. The lowest BCUT2D eigenvalue weighted by Crippen LogP contribution is -2.44. The standard InChI is InChI=1S/C20H26N3O5PS/c1-20(2,3)30(26)22-17-11-12-23(13-14-5-7-15(27-4)8-6-14)19-16(17)9-10-18(21-19)28-29(24)25/h5-10,17,22H,11-13H2,1-4H3/p+1. The first-order valence-corrected chi connectivity index (χ1v) is 11.9. The molecule has 1 aliphatic rings. The quantitative estimate of drug-likeness (QED) is 0.485. The molecule has 8 nitrogen and oxygen atoms in total. The Morgan fingerprint density at radius 1 is 1.30 bits per heavy atom. The molecule has 0 saturated carbocycles. The van der Waals surface area contributed by atoms with Gasteiger partial charge in [-0.25, -0.2) is 4.52 Å². The minimum atomic E-state index is -2.81. The van der Waals surface area contributed by atoms with E-state index >= 15 is 0 Å². The summed E-state index contributed by atoms with van der Waals surface area (Å²) in [6, 6.07) is 11.0. The molecule has 1 aromatic carbocycles. The molecule has 0 fully saturated rings. The van der Waals surface area contributed by atoms with Crippen molar-refractivity contribution in [2.45, 2.75) is 44.5 Å². The monoisotopic (exact) mass is 452 g/mol. The number of benzene rings is 1. The molecule has 3 atom stereocenters. The van der Waals surface area contributed by atoms with Gasteiger partial charge >= 0.3 is 8.25 Å². The van der Waals surface area contributed by atoms with E-state index < -0.39 is 24.4 Å². The molecule has 1 aliphatic heterocycles. The number of methoxy groups -OCH3 is 1. The highest BCUT2D eigenvalue weighted by Crippen LogP contribution is 2.37. The van der Waals surface area contributed by atoms with Crippen molar-refractivity contribution in [1.82, 2.24) is 9.71 Å². The number of pyridine rings is 1. The first kappa shape index (κ1) is 22.8. The number of rotatable bonds is 7. The molecule has 3 rings (SSSR count). The van der Waals surface area contributed by atoms with Gasteiger partial charge in [0.1, 0.15) is 16.3 Å². The van der Waals surface area contributed by atoms with Crippen LogP contribution in [0.4, 0.5) is 5.82 Å². The van der Waals surface area contributed by atoms with E-state index in [1.165, 1.54) is 0 Å². The molecule has 162 valence electrons. The first-order valence-electron chi connectivity index (χ1n) is 9.58. The molecule has 0 aliphatic carbocycles. The highest BCUT2D eigenvalue weighted by Gasteiger charge is 2.35. The summed E-state index contributed by atoms with van der Waals surface area (Å²) in [5, 5.41) is 0. The van der Waals surface area contributed by atoms with Crippen LogP contribution in [0.15, 0.2) is 36.4 Å². The maximum atomic E-state index is 12.6. The van der Waals surface area contributed by atoms with Crippen molar-refractivity contribution in [3.63, 3.8) is 0 Å². The summed E-state index contributed by atoms with van der Waals surface area (Å²) >= 11 is -1.24. The number of hydrogen-bond donors (Lipinski definition) is 2. The molecule has 0 bridgehead atoms. The molecule has 10 heteroatoms. The fourth-order valence-electron chi connectivity index (χ4n) is 3.18. The number of fused-ring (bicyclic) bond motifs is 1. The lowest BCUT2D eigenvalue weighted by Gasteiger charge is -2.36. The lowest BCUT2D eigenvalue weighted by atomic mass is 10.00. The van der Waals surface area contributed by atoms with E-state index in [9.17, 15) is 9.12 Å². The topological polar surface area (TPSA) is 107 Å². The maximum absolute atomic E-state index is 12.6. The summed E-state index contributed by atoms with van der Waals surface area (Å²) in [7, 11) is -1.18. The van der Waals surface area contributed by atoms with Crippen LogP contribution in [0.5, 0.6) is 11.6 Å². The number of nitrogens with one attached hydrogen (secondary N) is 1. The Labute approximate surface area is 180 Å². The first-order chi connectivity index (χ1) is 14.2. The largest absolute Gasteiger partial charge is 0.749 e. The van der Waals surface area contributed by atoms with Crippen molar-refractivity contribution in [3.05, 3.63) is 47.5 Å². The number of aromatic nitrogens is 1. The van der Waals surface area contributed by atoms with Gasteiger partial charge in [-0.2, -0.15) is 4.98 Å². The van der Waals surface area contributed by atoms with Crippen LogP contribution in [-0.4, -0.2) is 32.8 Å². The van der Waals surface area contributed by atoms with Crippen LogP contribution in [0, 0.1) is 0 Å². The van der Waals surface area contributed by atoms with Gasteiger partial charge in [-0.05, 0) is 51.0 Å². The van der Waals surface area contributed by atoms with E-state index in [1.54, 1.807) is 13.2 Å². The average Bonchev–Trinajstić information content (AvgIpc) is 2.69. The van der Waals surface area contributed by atoms with Crippen LogP contribution >= 0.6 is 8.25 Å². The third-order valence-corrected chi connectivity index (χ3v) is 6.71. The average molecular weight is 452 g/mol. The Hall–Kier alpha value is -1.90. The Morgan fingerprint density at radius 3 is 2.60 bits per heavy atom. The second-order valence-corrected chi connectivity index (χ2v) is 10.7. The zero-order valence-corrected chi connectivity index (χ0v) is 19.2. The molecule has 30 heavy (non-hydrogen) atoms. The molecule has 0 amide bonds. The summed E-state index contributed by atoms with van der Waals surface area (Å²) in [5.41, 5.74) is 1.96. The highest BCUT2D eigenvalue weighted by molar-refractivity contribution is 7.90. The molecule has 1 aromatic heterocycles. The van der Waals surface area contributed by atoms with Crippen molar-refractivity contribution in [2.24, 2.45) is 0 Å². The predicted molar refractivity (Wildman–Crippen MR) is 117 cm³/mol. The third-order valence-electron chi connectivity index (χ3n) is 4.75. The second-order valence-electron chi connectivity index (χ2n) is 8.00. The molecular weight excluding hydrogens is 425 g/mol. The number of hydrogen-bond acceptors (Lipinski definition) is 7. The zero-order chi connectivity index (χ0) is 21.9. The summed E-state index contributed by atoms with van der Waals surface area (Å²) < 4.78 is 36.7. The SMILES string of the molecule is COc1ccc(CN2CCC(N[S+]([O-])C(C)(C)C)c3ccc(O[P+](=O)O)nc32)cc1. The molecule has 2 aromatic rings. The van der Waals surface area contributed by atoms with Gasteiger partial charge in [0.05, 0.1) is 13.2 Å². The summed E-state index contributed by atoms with van der Waals surface area (Å²) in [4.78, 5) is 15.7. The molecular formula is C20H27N3O5PS+. The van der Waals surface area contributed by atoms with Gasteiger partial charge in [0.15, 0.2) is 0 Å². The van der Waals surface area contributed by atoms with E-state index in [4.69, 9.17) is 14.2 Å². The van der Waals surface area contributed by atoms with Gasteiger partial charge in [-0.3, -0.25) is 0 Å². The van der Waals surface area contributed by atoms with Gasteiger partial charge in [-0.1, -0.05) is 12.1 Å². The van der Waals surface area contributed by atoms with Crippen molar-refractivity contribution < 1.29 is 23.3 Å². The Morgan fingerprint density at radius 2 is 2.00 bits per heavy atom. The van der Waals surface area contributed by atoms with Crippen LogP contribution in [0.1, 0.15) is 44.4 Å². The Bertz CT molecular complexity index is 891. The van der Waals surface area contributed by atoms with E-state index in [0.717, 1.165) is 23.3 Å². The molecule has 3 unspecified atom stereocenters. The van der Waals surface area contributed by atoms with Gasteiger partial charge in [-0.15, -0.1) is 9.62 Å². The van der Waals surface area contributed by atoms with Crippen molar-refractivity contribution in [3.8, 4) is 11.6 Å². The van der Waals surface area contributed by atoms with Crippen LogP contribution in [0.2, 0.25) is 0 Å². The minimum Gasteiger partial charge on any atom is -0.598 e. The Balaban J connectivity index is 1.89. The van der Waals surface area contributed by atoms with Gasteiger partial charge in [0.25, 0.3) is 5.88 Å². The van der Waals surface area contributed by atoms with E-state index in [2.05, 4.69) is 14.6 Å². The van der Waals surface area contributed by atoms with Crippen LogP contribution in [0.25, 0.3) is 0 Å². The van der Waals surface area contributed by atoms with Gasteiger partial charge < -0.3 is 14.2 Å². The van der Waals surface area contributed by atoms with E-state index in [0.29, 0.717) is 18.9 Å². The summed E-state index contributed by atoms with van der Waals surface area (Å²) in [6.45, 7) is 7.04. The fraction of sp³-hybridized carbons (Fsp3) is 0.450. The number of anilines is 1. The van der Waals surface area contributed by atoms with Crippen LogP contribution in [-0.2, 0) is 22.5 Å². The van der Waals surface area contributed by atoms with E-state index in [-0.39, 0.29) is 11.9 Å². The number of nitrogens with zero attached hydrogens (tertiary/aromatic N) is 2. The molecule has 0 radical (unpaired) electrons. The van der Waals surface area contributed by atoms with Gasteiger partial charge in [0.2, 0.25) is 0 Å². The molecule has 2 heterocycles. The summed E-state index contributed by atoms with van der Waals surface area (Å²) in [6.07, 6.45) is 0.751. The minimum absolute atomic E-state index is 0.0784. The molecule has 0 spiro atoms. The van der Waals surface area contributed by atoms with Crippen molar-refractivity contribution in [2.75, 3.05) is 18.6 Å². The van der Waals surface area contributed by atoms with Crippen LogP contribution in [0.3, 0.4) is 0 Å². The van der Waals surface area contributed by atoms with Gasteiger partial charge in [0, 0.05) is 40.6 Å². The molecule has 0 saturated heterocycles. The Kier molecular flexibility index (Phi) is 7.21. The van der Waals surface area contributed by atoms with Crippen molar-refractivity contribution >= 4 is 25.4 Å². The fourth-order valence-corrected chi connectivity index (χ4v) is 4.30. The van der Waals surface area contributed by atoms with Crippen molar-refractivity contribution in [1.29, 1.82) is 0 Å². The number of ether oxygens (including phenoxy) is 1. The zero-order valence-electron chi connectivity index (χ0n) is 17.5. The second kappa shape index (κ2) is 9.49. The molecule has 2 N–H and O–H groups in total. The van der Waals surface area contributed by atoms with Crippen LogP contribution < -0.4 is 18.9 Å². The third kappa shape index (κ3) is 5.62. The maximum Gasteiger partial charge on any atom is 0.749 e. The van der Waals surface area contributed by atoms with E-state index in [1.807, 2.05) is 51.1 Å². The predicted octanol–water partition coefficient (Wildman–Crippen LogP) is 3.62. The highest BCUT2D eigenvalue weighted by atomic mass is 32.2. The lowest BCUT2D eigenvalue weighted by molar-refractivity contribution is 0.403. The summed E-state index contributed by atoms with van der Waals surface area (Å²) in [5.74, 6) is 1.51. The smallest absolute Gasteiger partial charge is 0.598 e.